The molecule has 0 aromatic heterocycles. The van der Waals surface area contributed by atoms with E-state index in [2.05, 4.69) is 5.32 Å². The number of benzene rings is 1. The van der Waals surface area contributed by atoms with E-state index in [0.29, 0.717) is 11.1 Å². The number of hydrogen-bond acceptors (Lipinski definition) is 5. The number of sulfone groups is 1. The van der Waals surface area contributed by atoms with Gasteiger partial charge in [0, 0.05) is 25.5 Å². The van der Waals surface area contributed by atoms with Crippen LogP contribution in [0.25, 0.3) is 0 Å². The molecule has 1 rings (SSSR count). The summed E-state index contributed by atoms with van der Waals surface area (Å²) in [5.41, 5.74) is 1.04. The lowest BCUT2D eigenvalue weighted by Crippen LogP contribution is -2.34. The second kappa shape index (κ2) is 7.37. The van der Waals surface area contributed by atoms with Crippen molar-refractivity contribution >= 4 is 15.7 Å². The summed E-state index contributed by atoms with van der Waals surface area (Å²) in [6.45, 7) is 0.241. The molecule has 1 atom stereocenters. The summed E-state index contributed by atoms with van der Waals surface area (Å²) in [5.74, 6) is -0.382. The van der Waals surface area contributed by atoms with E-state index in [-0.39, 0.29) is 24.8 Å². The van der Waals surface area contributed by atoms with Crippen molar-refractivity contribution in [1.29, 1.82) is 0 Å². The van der Waals surface area contributed by atoms with Crippen LogP contribution in [0.1, 0.15) is 15.9 Å². The Balaban J connectivity index is 2.57. The zero-order valence-electron chi connectivity index (χ0n) is 11.5. The Labute approximate surface area is 118 Å². The van der Waals surface area contributed by atoms with Crippen LogP contribution in [0.2, 0.25) is 0 Å². The van der Waals surface area contributed by atoms with Gasteiger partial charge in [0.2, 0.25) is 0 Å². The van der Waals surface area contributed by atoms with Gasteiger partial charge in [-0.2, -0.15) is 0 Å². The molecule has 1 unspecified atom stereocenters. The summed E-state index contributed by atoms with van der Waals surface area (Å²) in [5, 5.41) is 12.0. The average molecular weight is 301 g/mol. The Morgan fingerprint density at radius 1 is 1.35 bits per heavy atom. The molecule has 0 saturated heterocycles. The van der Waals surface area contributed by atoms with Gasteiger partial charge in [-0.05, 0) is 17.7 Å². The molecule has 1 amide bonds. The SMILES string of the molecule is COCC(O)CNC(=O)c1ccc(CS(C)(=O)=O)cc1. The van der Waals surface area contributed by atoms with Gasteiger partial charge >= 0.3 is 0 Å². The van der Waals surface area contributed by atoms with Crippen molar-refractivity contribution in [2.24, 2.45) is 0 Å². The van der Waals surface area contributed by atoms with Crippen LogP contribution in [0.15, 0.2) is 24.3 Å². The van der Waals surface area contributed by atoms with Crippen molar-refractivity contribution < 1.29 is 23.1 Å². The zero-order chi connectivity index (χ0) is 15.2. The highest BCUT2D eigenvalue weighted by atomic mass is 32.2. The Bertz CT molecular complexity index is 538. The molecule has 0 aliphatic rings. The fourth-order valence-electron chi connectivity index (χ4n) is 1.62. The molecule has 7 heteroatoms. The number of rotatable bonds is 7. The molecule has 6 nitrogen and oxygen atoms in total. The van der Waals surface area contributed by atoms with Crippen LogP contribution in [0, 0.1) is 0 Å². The molecule has 0 aliphatic carbocycles. The van der Waals surface area contributed by atoms with Gasteiger partial charge in [-0.15, -0.1) is 0 Å². The Kier molecular flexibility index (Phi) is 6.12. The van der Waals surface area contributed by atoms with Gasteiger partial charge < -0.3 is 15.2 Å². The highest BCUT2D eigenvalue weighted by molar-refractivity contribution is 7.89. The highest BCUT2D eigenvalue weighted by Gasteiger charge is 2.10. The third kappa shape index (κ3) is 6.14. The number of carbonyl (C=O) groups excluding carboxylic acids is 1. The summed E-state index contributed by atoms with van der Waals surface area (Å²) < 4.78 is 27.0. The maximum atomic E-state index is 11.8. The van der Waals surface area contributed by atoms with Gasteiger partial charge in [-0.3, -0.25) is 4.79 Å². The topological polar surface area (TPSA) is 92.7 Å². The standard InChI is InChI=1S/C13H19NO5S/c1-19-8-12(15)7-14-13(16)11-5-3-10(4-6-11)9-20(2,17)18/h3-6,12,15H,7-9H2,1-2H3,(H,14,16). The molecule has 1 aromatic rings. The summed E-state index contributed by atoms with van der Waals surface area (Å²) in [7, 11) is -1.62. The van der Waals surface area contributed by atoms with Crippen LogP contribution in [0.3, 0.4) is 0 Å². The number of ether oxygens (including phenoxy) is 1. The second-order valence-corrected chi connectivity index (χ2v) is 6.73. The number of methoxy groups -OCH3 is 1. The minimum absolute atomic E-state index is 0.0541. The molecule has 0 heterocycles. The third-order valence-electron chi connectivity index (χ3n) is 2.50. The van der Waals surface area contributed by atoms with Crippen molar-refractivity contribution in [1.82, 2.24) is 5.32 Å². The van der Waals surface area contributed by atoms with E-state index in [1.54, 1.807) is 24.3 Å². The van der Waals surface area contributed by atoms with E-state index in [1.165, 1.54) is 7.11 Å². The van der Waals surface area contributed by atoms with Crippen molar-refractivity contribution in [3.63, 3.8) is 0 Å². The lowest BCUT2D eigenvalue weighted by molar-refractivity contribution is 0.0610. The molecule has 0 spiro atoms. The summed E-state index contributed by atoms with van der Waals surface area (Å²) in [6, 6.07) is 6.31. The number of carbonyl (C=O) groups is 1. The zero-order valence-corrected chi connectivity index (χ0v) is 12.3. The Hall–Kier alpha value is -1.44. The molecule has 0 saturated carbocycles. The predicted octanol–water partition coefficient (Wildman–Crippen LogP) is -0.0317. The molecular formula is C13H19NO5S. The van der Waals surface area contributed by atoms with Gasteiger partial charge in [-0.25, -0.2) is 8.42 Å². The molecule has 1 aromatic carbocycles. The first-order valence-electron chi connectivity index (χ1n) is 6.03. The number of nitrogens with one attached hydrogen (secondary N) is 1. The van der Waals surface area contributed by atoms with E-state index < -0.39 is 15.9 Å². The first-order valence-corrected chi connectivity index (χ1v) is 8.09. The summed E-state index contributed by atoms with van der Waals surface area (Å²) >= 11 is 0. The lowest BCUT2D eigenvalue weighted by atomic mass is 10.1. The predicted molar refractivity (Wildman–Crippen MR) is 75.2 cm³/mol. The minimum Gasteiger partial charge on any atom is -0.389 e. The lowest BCUT2D eigenvalue weighted by Gasteiger charge is -2.11. The molecule has 0 bridgehead atoms. The molecule has 0 aliphatic heterocycles. The number of hydrogen-bond donors (Lipinski definition) is 2. The third-order valence-corrected chi connectivity index (χ3v) is 3.36. The van der Waals surface area contributed by atoms with Crippen molar-refractivity contribution in [3.05, 3.63) is 35.4 Å². The maximum Gasteiger partial charge on any atom is 0.251 e. The fourth-order valence-corrected chi connectivity index (χ4v) is 2.42. The fraction of sp³-hybridized carbons (Fsp3) is 0.462. The van der Waals surface area contributed by atoms with E-state index in [0.717, 1.165) is 6.26 Å². The van der Waals surface area contributed by atoms with Gasteiger partial charge in [-0.1, -0.05) is 12.1 Å². The van der Waals surface area contributed by atoms with Crippen LogP contribution in [-0.2, 0) is 20.3 Å². The number of aliphatic hydroxyl groups is 1. The largest absolute Gasteiger partial charge is 0.389 e. The Morgan fingerprint density at radius 3 is 2.45 bits per heavy atom. The van der Waals surface area contributed by atoms with Gasteiger partial charge in [0.25, 0.3) is 5.91 Å². The number of aliphatic hydroxyl groups excluding tert-OH is 1. The van der Waals surface area contributed by atoms with Crippen molar-refractivity contribution in [3.8, 4) is 0 Å². The normalized spacial score (nSPS) is 12.9. The average Bonchev–Trinajstić information content (AvgIpc) is 2.35. The van der Waals surface area contributed by atoms with Crippen molar-refractivity contribution in [2.75, 3.05) is 26.5 Å². The van der Waals surface area contributed by atoms with Crippen LogP contribution < -0.4 is 5.32 Å². The second-order valence-electron chi connectivity index (χ2n) is 4.59. The van der Waals surface area contributed by atoms with E-state index >= 15 is 0 Å². The molecule has 112 valence electrons. The maximum absolute atomic E-state index is 11.8. The van der Waals surface area contributed by atoms with E-state index in [9.17, 15) is 18.3 Å². The van der Waals surface area contributed by atoms with Gasteiger partial charge in [0.1, 0.15) is 0 Å². The van der Waals surface area contributed by atoms with Gasteiger partial charge in [0.15, 0.2) is 9.84 Å². The van der Waals surface area contributed by atoms with E-state index in [1.807, 2.05) is 0 Å². The summed E-state index contributed by atoms with van der Waals surface area (Å²) in [6.07, 6.45) is 0.401. The smallest absolute Gasteiger partial charge is 0.251 e. The minimum atomic E-state index is -3.09. The molecule has 20 heavy (non-hydrogen) atoms. The highest BCUT2D eigenvalue weighted by Crippen LogP contribution is 2.07. The van der Waals surface area contributed by atoms with Crippen LogP contribution in [0.5, 0.6) is 0 Å². The quantitative estimate of drug-likeness (QED) is 0.737. The van der Waals surface area contributed by atoms with Crippen LogP contribution in [-0.4, -0.2) is 52.1 Å². The molecular weight excluding hydrogens is 282 g/mol. The molecule has 0 radical (unpaired) electrons. The van der Waals surface area contributed by atoms with Crippen molar-refractivity contribution in [2.45, 2.75) is 11.9 Å². The van der Waals surface area contributed by atoms with Crippen LogP contribution in [0.4, 0.5) is 0 Å². The monoisotopic (exact) mass is 301 g/mol. The van der Waals surface area contributed by atoms with Crippen LogP contribution >= 0.6 is 0 Å². The number of amides is 1. The summed E-state index contributed by atoms with van der Waals surface area (Å²) in [4.78, 5) is 11.8. The molecule has 0 fully saturated rings. The Morgan fingerprint density at radius 2 is 1.95 bits per heavy atom. The first kappa shape index (κ1) is 16.6. The van der Waals surface area contributed by atoms with E-state index in [4.69, 9.17) is 4.74 Å². The van der Waals surface area contributed by atoms with Gasteiger partial charge in [0.05, 0.1) is 18.5 Å². The first-order chi connectivity index (χ1) is 9.31. The molecule has 2 N–H and O–H groups in total.